The fraction of sp³-hybridized carbons (Fsp3) is 0.556. The summed E-state index contributed by atoms with van der Waals surface area (Å²) in [5.74, 6) is -1.08. The summed E-state index contributed by atoms with van der Waals surface area (Å²) in [6.07, 6.45) is 6.50. The number of hydrogen-bond acceptors (Lipinski definition) is 3. The summed E-state index contributed by atoms with van der Waals surface area (Å²) in [4.78, 5) is 26.0. The normalized spacial score (nSPS) is 21.5. The molecular weight excluding hydrogens is 294 g/mol. The molecule has 3 rings (SSSR count). The fourth-order valence-electron chi connectivity index (χ4n) is 3.57. The lowest BCUT2D eigenvalue weighted by Crippen LogP contribution is -2.43. The van der Waals surface area contributed by atoms with Gasteiger partial charge in [-0.3, -0.25) is 4.79 Å². The van der Waals surface area contributed by atoms with Gasteiger partial charge in [0, 0.05) is 24.8 Å². The summed E-state index contributed by atoms with van der Waals surface area (Å²) >= 11 is 0. The van der Waals surface area contributed by atoms with Gasteiger partial charge in [0.05, 0.1) is 11.7 Å². The van der Waals surface area contributed by atoms with E-state index >= 15 is 0 Å². The van der Waals surface area contributed by atoms with Crippen LogP contribution in [0.25, 0.3) is 0 Å². The van der Waals surface area contributed by atoms with E-state index in [0.717, 1.165) is 45.1 Å². The molecule has 2 fully saturated rings. The van der Waals surface area contributed by atoms with Crippen LogP contribution in [0.5, 0.6) is 0 Å². The van der Waals surface area contributed by atoms with Crippen LogP contribution in [0.3, 0.4) is 0 Å². The second-order valence-corrected chi connectivity index (χ2v) is 6.42. The third kappa shape index (κ3) is 3.72. The van der Waals surface area contributed by atoms with E-state index < -0.39 is 5.97 Å². The number of carboxylic acids is 1. The van der Waals surface area contributed by atoms with Gasteiger partial charge >= 0.3 is 5.97 Å². The zero-order valence-corrected chi connectivity index (χ0v) is 13.2. The highest BCUT2D eigenvalue weighted by atomic mass is 16.5. The zero-order valence-electron chi connectivity index (χ0n) is 13.2. The molecule has 1 heterocycles. The van der Waals surface area contributed by atoms with Crippen molar-refractivity contribution in [1.29, 1.82) is 0 Å². The average molecular weight is 317 g/mol. The Morgan fingerprint density at radius 3 is 2.52 bits per heavy atom. The number of hydrogen-bond donors (Lipinski definition) is 1. The van der Waals surface area contributed by atoms with Crippen LogP contribution in [0.1, 0.15) is 59.2 Å². The van der Waals surface area contributed by atoms with Crippen LogP contribution in [0, 0.1) is 0 Å². The minimum Gasteiger partial charge on any atom is -0.478 e. The fourth-order valence-corrected chi connectivity index (χ4v) is 3.57. The number of rotatable bonds is 5. The molecule has 5 heteroatoms. The van der Waals surface area contributed by atoms with E-state index in [1.54, 1.807) is 12.1 Å². The minimum absolute atomic E-state index is 0.0736. The lowest BCUT2D eigenvalue weighted by atomic mass is 10.1. The van der Waals surface area contributed by atoms with Gasteiger partial charge in [0.25, 0.3) is 5.91 Å². The molecule has 0 spiro atoms. The Morgan fingerprint density at radius 1 is 1.13 bits per heavy atom. The van der Waals surface area contributed by atoms with Crippen molar-refractivity contribution in [2.24, 2.45) is 0 Å². The second-order valence-electron chi connectivity index (χ2n) is 6.42. The first-order chi connectivity index (χ1) is 11.1. The smallest absolute Gasteiger partial charge is 0.335 e. The zero-order chi connectivity index (χ0) is 16.2. The summed E-state index contributed by atoms with van der Waals surface area (Å²) in [5.41, 5.74) is 0.606. The maximum atomic E-state index is 13.0. The molecule has 1 aromatic rings. The van der Waals surface area contributed by atoms with Crippen molar-refractivity contribution in [3.8, 4) is 0 Å². The topological polar surface area (TPSA) is 66.8 Å². The van der Waals surface area contributed by atoms with Crippen molar-refractivity contribution >= 4 is 11.9 Å². The Balaban J connectivity index is 1.80. The van der Waals surface area contributed by atoms with Crippen molar-refractivity contribution in [3.63, 3.8) is 0 Å². The number of ether oxygens (including phenoxy) is 1. The Kier molecular flexibility index (Phi) is 4.96. The maximum Gasteiger partial charge on any atom is 0.335 e. The molecule has 1 atom stereocenters. The molecule has 23 heavy (non-hydrogen) atoms. The van der Waals surface area contributed by atoms with Gasteiger partial charge < -0.3 is 14.7 Å². The second kappa shape index (κ2) is 7.13. The number of carboxylic acid groups (broad SMARTS) is 1. The highest BCUT2D eigenvalue weighted by Gasteiger charge is 2.31. The molecule has 0 bridgehead atoms. The van der Waals surface area contributed by atoms with Crippen LogP contribution in [0.4, 0.5) is 0 Å². The predicted molar refractivity (Wildman–Crippen MR) is 85.7 cm³/mol. The lowest BCUT2D eigenvalue weighted by molar-refractivity contribution is 0.0420. The average Bonchev–Trinajstić information content (AvgIpc) is 3.25. The molecule has 124 valence electrons. The third-order valence-corrected chi connectivity index (χ3v) is 4.81. The van der Waals surface area contributed by atoms with Gasteiger partial charge in [-0.15, -0.1) is 0 Å². The van der Waals surface area contributed by atoms with Crippen LogP contribution in [0.15, 0.2) is 24.3 Å². The van der Waals surface area contributed by atoms with E-state index in [0.29, 0.717) is 12.1 Å². The van der Waals surface area contributed by atoms with Crippen LogP contribution in [0.2, 0.25) is 0 Å². The van der Waals surface area contributed by atoms with Crippen LogP contribution < -0.4 is 0 Å². The number of aromatic carboxylic acids is 1. The predicted octanol–water partition coefficient (Wildman–Crippen LogP) is 2.95. The van der Waals surface area contributed by atoms with Gasteiger partial charge in [-0.1, -0.05) is 18.9 Å². The molecule has 1 aromatic carbocycles. The van der Waals surface area contributed by atoms with Gasteiger partial charge in [0.15, 0.2) is 0 Å². The van der Waals surface area contributed by atoms with Gasteiger partial charge in [0.1, 0.15) is 0 Å². The summed E-state index contributed by atoms with van der Waals surface area (Å²) in [6.45, 7) is 1.38. The Morgan fingerprint density at radius 2 is 1.87 bits per heavy atom. The van der Waals surface area contributed by atoms with Crippen molar-refractivity contribution in [2.45, 2.75) is 50.7 Å². The van der Waals surface area contributed by atoms with Crippen molar-refractivity contribution < 1.29 is 19.4 Å². The SMILES string of the molecule is O=C(O)c1cccc(C(=O)N(C[C@H]2CCCO2)C2CCCC2)c1. The molecule has 2 aliphatic rings. The number of carbonyl (C=O) groups is 2. The number of amides is 1. The van der Waals surface area contributed by atoms with Gasteiger partial charge in [-0.25, -0.2) is 4.79 Å². The van der Waals surface area contributed by atoms with E-state index in [9.17, 15) is 9.59 Å². The van der Waals surface area contributed by atoms with Crippen LogP contribution in [-0.4, -0.2) is 47.2 Å². The third-order valence-electron chi connectivity index (χ3n) is 4.81. The van der Waals surface area contributed by atoms with Crippen LogP contribution in [-0.2, 0) is 4.74 Å². The minimum atomic E-state index is -1.01. The molecule has 1 aliphatic heterocycles. The molecular formula is C18H23NO4. The first kappa shape index (κ1) is 16.0. The Labute approximate surface area is 136 Å². The molecule has 1 saturated heterocycles. The van der Waals surface area contributed by atoms with Crippen LogP contribution >= 0.6 is 0 Å². The maximum absolute atomic E-state index is 13.0. The van der Waals surface area contributed by atoms with E-state index in [1.165, 1.54) is 12.1 Å². The summed E-state index contributed by atoms with van der Waals surface area (Å²) in [6, 6.07) is 6.57. The number of carbonyl (C=O) groups excluding carboxylic acids is 1. The lowest BCUT2D eigenvalue weighted by Gasteiger charge is -2.31. The van der Waals surface area contributed by atoms with E-state index in [-0.39, 0.29) is 23.6 Å². The number of benzene rings is 1. The molecule has 0 radical (unpaired) electrons. The Bertz CT molecular complexity index is 574. The molecule has 1 saturated carbocycles. The largest absolute Gasteiger partial charge is 0.478 e. The van der Waals surface area contributed by atoms with E-state index in [1.807, 2.05) is 4.90 Å². The van der Waals surface area contributed by atoms with Gasteiger partial charge in [0.2, 0.25) is 0 Å². The van der Waals surface area contributed by atoms with E-state index in [4.69, 9.17) is 9.84 Å². The summed E-state index contributed by atoms with van der Waals surface area (Å²) in [5, 5.41) is 9.13. The standard InChI is InChI=1S/C18H23NO4/c20-17(13-5-3-6-14(11-13)18(21)22)19(15-7-1-2-8-15)12-16-9-4-10-23-16/h3,5-6,11,15-16H,1-2,4,7-10,12H2,(H,21,22)/t16-/m1/s1. The molecule has 0 unspecified atom stereocenters. The molecule has 1 N–H and O–H groups in total. The van der Waals surface area contributed by atoms with Gasteiger partial charge in [-0.2, -0.15) is 0 Å². The molecule has 5 nitrogen and oxygen atoms in total. The summed E-state index contributed by atoms with van der Waals surface area (Å²) < 4.78 is 5.70. The summed E-state index contributed by atoms with van der Waals surface area (Å²) in [7, 11) is 0. The highest BCUT2D eigenvalue weighted by Crippen LogP contribution is 2.27. The van der Waals surface area contributed by atoms with Crippen molar-refractivity contribution in [1.82, 2.24) is 4.90 Å². The molecule has 1 amide bonds. The first-order valence-corrected chi connectivity index (χ1v) is 8.41. The highest BCUT2D eigenvalue weighted by molar-refractivity contribution is 5.97. The monoisotopic (exact) mass is 317 g/mol. The Hall–Kier alpha value is -1.88. The molecule has 1 aliphatic carbocycles. The van der Waals surface area contributed by atoms with Crippen molar-refractivity contribution in [2.75, 3.05) is 13.2 Å². The first-order valence-electron chi connectivity index (χ1n) is 8.41. The van der Waals surface area contributed by atoms with Crippen molar-refractivity contribution in [3.05, 3.63) is 35.4 Å². The number of nitrogens with zero attached hydrogens (tertiary/aromatic N) is 1. The quantitative estimate of drug-likeness (QED) is 0.906. The van der Waals surface area contributed by atoms with Gasteiger partial charge in [-0.05, 0) is 43.9 Å². The molecule has 0 aromatic heterocycles. The van der Waals surface area contributed by atoms with E-state index in [2.05, 4.69) is 0 Å².